The molecule has 0 spiro atoms. The van der Waals surface area contributed by atoms with E-state index in [2.05, 4.69) is 19.9 Å². The number of aromatic amines is 1. The number of aromatic nitrogens is 4. The SMILES string of the molecule is Cc1n[nH]c(C)c1S(=O)(=O)NCCn1cnc2ccsc2c1=O. The van der Waals surface area contributed by atoms with E-state index in [1.54, 1.807) is 25.3 Å². The molecular formula is C13H15N5O3S2. The summed E-state index contributed by atoms with van der Waals surface area (Å²) < 4.78 is 29.1. The Labute approximate surface area is 136 Å². The molecule has 23 heavy (non-hydrogen) atoms. The number of hydrogen-bond donors (Lipinski definition) is 2. The van der Waals surface area contributed by atoms with E-state index in [0.29, 0.717) is 21.6 Å². The van der Waals surface area contributed by atoms with Crippen LogP contribution in [0.15, 0.2) is 27.5 Å². The van der Waals surface area contributed by atoms with Crippen LogP contribution in [0.25, 0.3) is 10.2 Å². The lowest BCUT2D eigenvalue weighted by Gasteiger charge is -2.08. The zero-order valence-electron chi connectivity index (χ0n) is 12.5. The second-order valence-electron chi connectivity index (χ2n) is 5.04. The molecule has 3 aromatic heterocycles. The van der Waals surface area contributed by atoms with Crippen LogP contribution in [-0.4, -0.2) is 34.7 Å². The number of nitrogens with zero attached hydrogens (tertiary/aromatic N) is 3. The van der Waals surface area contributed by atoms with Gasteiger partial charge in [0.2, 0.25) is 10.0 Å². The first kappa shape index (κ1) is 15.8. The maximum Gasteiger partial charge on any atom is 0.271 e. The van der Waals surface area contributed by atoms with E-state index in [0.717, 1.165) is 0 Å². The molecule has 0 bridgehead atoms. The average Bonchev–Trinajstić information content (AvgIpc) is 3.08. The Morgan fingerprint density at radius 3 is 2.87 bits per heavy atom. The van der Waals surface area contributed by atoms with Gasteiger partial charge in [-0.15, -0.1) is 11.3 Å². The minimum atomic E-state index is -3.67. The Morgan fingerprint density at radius 2 is 2.17 bits per heavy atom. The Hall–Kier alpha value is -2.04. The summed E-state index contributed by atoms with van der Waals surface area (Å²) in [5.41, 5.74) is 1.38. The van der Waals surface area contributed by atoms with Gasteiger partial charge in [-0.3, -0.25) is 14.5 Å². The van der Waals surface area contributed by atoms with E-state index < -0.39 is 10.0 Å². The third kappa shape index (κ3) is 2.92. The second-order valence-corrected chi connectivity index (χ2v) is 7.66. The molecule has 0 atom stereocenters. The molecule has 2 N–H and O–H groups in total. The number of H-pyrrole nitrogens is 1. The molecule has 3 rings (SSSR count). The number of nitrogens with one attached hydrogen (secondary N) is 2. The van der Waals surface area contributed by atoms with Gasteiger partial charge in [-0.05, 0) is 25.3 Å². The summed E-state index contributed by atoms with van der Waals surface area (Å²) in [6, 6.07) is 1.78. The van der Waals surface area contributed by atoms with Gasteiger partial charge in [0.05, 0.1) is 23.2 Å². The first-order chi connectivity index (χ1) is 10.9. The predicted octanol–water partition coefficient (Wildman–Crippen LogP) is 0.776. The first-order valence-corrected chi connectivity index (χ1v) is 9.20. The number of hydrogen-bond acceptors (Lipinski definition) is 6. The number of aryl methyl sites for hydroxylation is 2. The quantitative estimate of drug-likeness (QED) is 0.704. The van der Waals surface area contributed by atoms with Gasteiger partial charge in [-0.2, -0.15) is 5.10 Å². The molecule has 0 amide bonds. The highest BCUT2D eigenvalue weighted by Crippen LogP contribution is 2.16. The molecular weight excluding hydrogens is 338 g/mol. The monoisotopic (exact) mass is 353 g/mol. The molecule has 0 saturated heterocycles. The first-order valence-electron chi connectivity index (χ1n) is 6.84. The smallest absolute Gasteiger partial charge is 0.271 e. The lowest BCUT2D eigenvalue weighted by Crippen LogP contribution is -2.31. The summed E-state index contributed by atoms with van der Waals surface area (Å²) >= 11 is 1.32. The minimum Gasteiger partial charge on any atom is -0.297 e. The molecule has 8 nitrogen and oxygen atoms in total. The van der Waals surface area contributed by atoms with Gasteiger partial charge in [-0.25, -0.2) is 18.1 Å². The zero-order chi connectivity index (χ0) is 16.6. The lowest BCUT2D eigenvalue weighted by molar-refractivity contribution is 0.568. The number of sulfonamides is 1. The van der Waals surface area contributed by atoms with E-state index in [-0.39, 0.29) is 23.5 Å². The molecule has 0 radical (unpaired) electrons. The highest BCUT2D eigenvalue weighted by atomic mass is 32.2. The molecule has 0 aliphatic heterocycles. The Bertz CT molecular complexity index is 996. The van der Waals surface area contributed by atoms with Crippen molar-refractivity contribution in [1.82, 2.24) is 24.5 Å². The topological polar surface area (TPSA) is 110 Å². The number of rotatable bonds is 5. The molecule has 0 saturated carbocycles. The normalized spacial score (nSPS) is 12.1. The molecule has 3 heterocycles. The van der Waals surface area contributed by atoms with Crippen LogP contribution < -0.4 is 10.3 Å². The lowest BCUT2D eigenvalue weighted by atomic mass is 10.4. The van der Waals surface area contributed by atoms with Crippen molar-refractivity contribution in [2.24, 2.45) is 0 Å². The van der Waals surface area contributed by atoms with Crippen LogP contribution in [0.4, 0.5) is 0 Å². The average molecular weight is 353 g/mol. The fourth-order valence-electron chi connectivity index (χ4n) is 2.35. The number of thiophene rings is 1. The third-order valence-corrected chi connectivity index (χ3v) is 6.02. The summed E-state index contributed by atoms with van der Waals surface area (Å²) in [5, 5.41) is 8.33. The van der Waals surface area contributed by atoms with Crippen LogP contribution in [-0.2, 0) is 16.6 Å². The van der Waals surface area contributed by atoms with Gasteiger partial charge in [0.1, 0.15) is 9.60 Å². The minimum absolute atomic E-state index is 0.0882. The summed E-state index contributed by atoms with van der Waals surface area (Å²) in [4.78, 5) is 16.5. The van der Waals surface area contributed by atoms with Crippen LogP contribution in [0.2, 0.25) is 0 Å². The summed E-state index contributed by atoms with van der Waals surface area (Å²) in [5.74, 6) is 0. The summed E-state index contributed by atoms with van der Waals surface area (Å²) in [7, 11) is -3.67. The molecule has 0 aromatic carbocycles. The van der Waals surface area contributed by atoms with Gasteiger partial charge in [0, 0.05) is 13.1 Å². The third-order valence-electron chi connectivity index (χ3n) is 3.41. The molecule has 0 unspecified atom stereocenters. The van der Waals surface area contributed by atoms with Crippen molar-refractivity contribution >= 4 is 31.6 Å². The Balaban J connectivity index is 1.76. The standard InChI is InChI=1S/C13H15N5O3S2/c1-8-12(9(2)17-16-8)23(20,21)15-4-5-18-7-14-10-3-6-22-11(10)13(18)19/h3,6-7,15H,4-5H2,1-2H3,(H,16,17). The van der Waals surface area contributed by atoms with E-state index in [4.69, 9.17) is 0 Å². The Morgan fingerprint density at radius 1 is 1.39 bits per heavy atom. The number of fused-ring (bicyclic) bond motifs is 1. The van der Waals surface area contributed by atoms with Gasteiger partial charge < -0.3 is 0 Å². The van der Waals surface area contributed by atoms with Crippen molar-refractivity contribution in [3.63, 3.8) is 0 Å². The fraction of sp³-hybridized carbons (Fsp3) is 0.308. The van der Waals surface area contributed by atoms with E-state index in [1.165, 1.54) is 22.2 Å². The van der Waals surface area contributed by atoms with E-state index in [1.807, 2.05) is 0 Å². The van der Waals surface area contributed by atoms with Crippen LogP contribution in [0.3, 0.4) is 0 Å². The second kappa shape index (κ2) is 5.87. The molecule has 10 heteroatoms. The molecule has 0 aliphatic rings. The van der Waals surface area contributed by atoms with Crippen LogP contribution in [0.1, 0.15) is 11.4 Å². The van der Waals surface area contributed by atoms with Crippen molar-refractivity contribution < 1.29 is 8.42 Å². The van der Waals surface area contributed by atoms with Gasteiger partial charge in [-0.1, -0.05) is 0 Å². The highest BCUT2D eigenvalue weighted by molar-refractivity contribution is 7.89. The van der Waals surface area contributed by atoms with Gasteiger partial charge >= 0.3 is 0 Å². The highest BCUT2D eigenvalue weighted by Gasteiger charge is 2.21. The Kier molecular flexibility index (Phi) is 4.04. The predicted molar refractivity (Wildman–Crippen MR) is 87.1 cm³/mol. The van der Waals surface area contributed by atoms with Gasteiger partial charge in [0.15, 0.2) is 0 Å². The molecule has 0 aliphatic carbocycles. The molecule has 122 valence electrons. The van der Waals surface area contributed by atoms with E-state index >= 15 is 0 Å². The molecule has 3 aromatic rings. The van der Waals surface area contributed by atoms with Crippen molar-refractivity contribution in [3.05, 3.63) is 39.5 Å². The van der Waals surface area contributed by atoms with Crippen molar-refractivity contribution in [2.45, 2.75) is 25.3 Å². The zero-order valence-corrected chi connectivity index (χ0v) is 14.2. The largest absolute Gasteiger partial charge is 0.297 e. The summed E-state index contributed by atoms with van der Waals surface area (Å²) in [6.07, 6.45) is 1.43. The van der Waals surface area contributed by atoms with Crippen LogP contribution >= 0.6 is 11.3 Å². The van der Waals surface area contributed by atoms with Crippen LogP contribution in [0, 0.1) is 13.8 Å². The van der Waals surface area contributed by atoms with Crippen molar-refractivity contribution in [1.29, 1.82) is 0 Å². The van der Waals surface area contributed by atoms with Crippen LogP contribution in [0.5, 0.6) is 0 Å². The van der Waals surface area contributed by atoms with Crippen molar-refractivity contribution in [2.75, 3.05) is 6.54 Å². The fourth-order valence-corrected chi connectivity index (χ4v) is 4.53. The summed E-state index contributed by atoms with van der Waals surface area (Å²) in [6.45, 7) is 3.56. The maximum absolute atomic E-state index is 12.3. The van der Waals surface area contributed by atoms with Gasteiger partial charge in [0.25, 0.3) is 5.56 Å². The van der Waals surface area contributed by atoms with E-state index in [9.17, 15) is 13.2 Å². The van der Waals surface area contributed by atoms with Crippen molar-refractivity contribution in [3.8, 4) is 0 Å². The maximum atomic E-state index is 12.3. The molecule has 0 fully saturated rings.